The Hall–Kier alpha value is -2.36. The molecule has 0 bridgehead atoms. The Labute approximate surface area is 148 Å². The summed E-state index contributed by atoms with van der Waals surface area (Å²) in [5, 5.41) is 3.07. The van der Waals surface area contributed by atoms with Crippen molar-refractivity contribution in [1.29, 1.82) is 0 Å². The minimum atomic E-state index is -0.581. The van der Waals surface area contributed by atoms with Gasteiger partial charge in [-0.2, -0.15) is 0 Å². The minimum Gasteiger partial charge on any atom is -0.497 e. The number of carbonyl (C=O) groups excluding carboxylic acids is 1. The molecule has 1 fully saturated rings. The summed E-state index contributed by atoms with van der Waals surface area (Å²) in [5.41, 5.74) is 1.36. The van der Waals surface area contributed by atoms with E-state index < -0.39 is 5.41 Å². The maximum Gasteiger partial charge on any atom is 0.230 e. The summed E-state index contributed by atoms with van der Waals surface area (Å²) in [5.74, 6) is 0.558. The first-order valence-electron chi connectivity index (χ1n) is 8.81. The standard InChI is InChI=1S/C21H24FNO2/c1-25-19-9-7-16(8-10-19)11-14-23-20(24)21(12-2-3-13-21)17-5-4-6-18(22)15-17/h4-10,15H,2-3,11-14H2,1H3,(H,23,24). The molecule has 1 saturated carbocycles. The van der Waals surface area contributed by atoms with Crippen molar-refractivity contribution in [2.75, 3.05) is 13.7 Å². The Morgan fingerprint density at radius 3 is 2.52 bits per heavy atom. The highest BCUT2D eigenvalue weighted by atomic mass is 19.1. The Balaban J connectivity index is 1.65. The van der Waals surface area contributed by atoms with E-state index in [1.807, 2.05) is 30.3 Å². The van der Waals surface area contributed by atoms with Crippen LogP contribution in [0.25, 0.3) is 0 Å². The molecule has 25 heavy (non-hydrogen) atoms. The van der Waals surface area contributed by atoms with Crippen LogP contribution in [0.3, 0.4) is 0 Å². The third-order valence-electron chi connectivity index (χ3n) is 5.13. The van der Waals surface area contributed by atoms with Crippen LogP contribution in [0, 0.1) is 5.82 Å². The third-order valence-corrected chi connectivity index (χ3v) is 5.13. The van der Waals surface area contributed by atoms with Gasteiger partial charge in [0.2, 0.25) is 5.91 Å². The summed E-state index contributed by atoms with van der Waals surface area (Å²) in [7, 11) is 1.64. The van der Waals surface area contributed by atoms with Gasteiger partial charge in [0.1, 0.15) is 11.6 Å². The van der Waals surface area contributed by atoms with Crippen molar-refractivity contribution < 1.29 is 13.9 Å². The fourth-order valence-electron chi connectivity index (χ4n) is 3.69. The molecule has 0 spiro atoms. The topological polar surface area (TPSA) is 38.3 Å². The molecule has 4 heteroatoms. The van der Waals surface area contributed by atoms with Gasteiger partial charge in [0.05, 0.1) is 12.5 Å². The van der Waals surface area contributed by atoms with Crippen LogP contribution in [0.4, 0.5) is 4.39 Å². The molecule has 0 saturated heterocycles. The lowest BCUT2D eigenvalue weighted by atomic mass is 9.78. The largest absolute Gasteiger partial charge is 0.497 e. The number of amides is 1. The van der Waals surface area contributed by atoms with Crippen molar-refractivity contribution >= 4 is 5.91 Å². The van der Waals surface area contributed by atoms with E-state index in [2.05, 4.69) is 5.32 Å². The Morgan fingerprint density at radius 2 is 1.88 bits per heavy atom. The van der Waals surface area contributed by atoms with Crippen molar-refractivity contribution in [2.45, 2.75) is 37.5 Å². The normalized spacial score (nSPS) is 15.8. The lowest BCUT2D eigenvalue weighted by Crippen LogP contribution is -2.43. The number of rotatable bonds is 6. The van der Waals surface area contributed by atoms with Gasteiger partial charge in [-0.3, -0.25) is 4.79 Å². The summed E-state index contributed by atoms with van der Waals surface area (Å²) >= 11 is 0. The zero-order valence-corrected chi connectivity index (χ0v) is 14.6. The SMILES string of the molecule is COc1ccc(CCNC(=O)C2(c3cccc(F)c3)CCCC2)cc1. The molecule has 0 unspecified atom stereocenters. The molecule has 0 aliphatic heterocycles. The number of hydrogen-bond donors (Lipinski definition) is 1. The van der Waals surface area contributed by atoms with Crippen LogP contribution in [-0.2, 0) is 16.6 Å². The summed E-state index contributed by atoms with van der Waals surface area (Å²) in [4.78, 5) is 12.9. The third kappa shape index (κ3) is 3.84. The average molecular weight is 341 g/mol. The molecule has 1 N–H and O–H groups in total. The fraction of sp³-hybridized carbons (Fsp3) is 0.381. The van der Waals surface area contributed by atoms with E-state index in [0.717, 1.165) is 49.0 Å². The van der Waals surface area contributed by atoms with Crippen LogP contribution in [0.1, 0.15) is 36.8 Å². The lowest BCUT2D eigenvalue weighted by molar-refractivity contribution is -0.126. The van der Waals surface area contributed by atoms with Gasteiger partial charge >= 0.3 is 0 Å². The minimum absolute atomic E-state index is 0.0177. The summed E-state index contributed by atoms with van der Waals surface area (Å²) in [6, 6.07) is 14.3. The summed E-state index contributed by atoms with van der Waals surface area (Å²) < 4.78 is 18.8. The molecule has 1 aliphatic carbocycles. The van der Waals surface area contributed by atoms with E-state index >= 15 is 0 Å². The van der Waals surface area contributed by atoms with E-state index in [9.17, 15) is 9.18 Å². The van der Waals surface area contributed by atoms with Gasteiger partial charge in [-0.15, -0.1) is 0 Å². The highest BCUT2D eigenvalue weighted by Crippen LogP contribution is 2.41. The second-order valence-corrected chi connectivity index (χ2v) is 6.65. The molecule has 1 aliphatic rings. The first-order chi connectivity index (χ1) is 12.1. The Kier molecular flexibility index (Phi) is 5.37. The molecular weight excluding hydrogens is 317 g/mol. The first-order valence-corrected chi connectivity index (χ1v) is 8.81. The first kappa shape index (κ1) is 17.5. The van der Waals surface area contributed by atoms with Crippen molar-refractivity contribution in [1.82, 2.24) is 5.32 Å². The number of methoxy groups -OCH3 is 1. The number of nitrogens with one attached hydrogen (secondary N) is 1. The molecule has 132 valence electrons. The summed E-state index contributed by atoms with van der Waals surface area (Å²) in [6.07, 6.45) is 4.33. The number of benzene rings is 2. The van der Waals surface area contributed by atoms with Crippen LogP contribution in [0.5, 0.6) is 5.75 Å². The smallest absolute Gasteiger partial charge is 0.230 e. The van der Waals surface area contributed by atoms with E-state index in [-0.39, 0.29) is 11.7 Å². The molecule has 1 amide bonds. The maximum absolute atomic E-state index is 13.6. The molecule has 3 nitrogen and oxygen atoms in total. The molecule has 0 aromatic heterocycles. The van der Waals surface area contributed by atoms with Gasteiger partial charge in [0.25, 0.3) is 0 Å². The van der Waals surface area contributed by atoms with Crippen molar-refractivity contribution in [3.05, 3.63) is 65.5 Å². The van der Waals surface area contributed by atoms with Crippen LogP contribution in [0.2, 0.25) is 0 Å². The van der Waals surface area contributed by atoms with Gasteiger partial charge in [-0.05, 0) is 54.7 Å². The predicted molar refractivity (Wildman–Crippen MR) is 96.3 cm³/mol. The zero-order valence-electron chi connectivity index (χ0n) is 14.6. The molecular formula is C21H24FNO2. The van der Waals surface area contributed by atoms with Gasteiger partial charge in [-0.1, -0.05) is 37.1 Å². The van der Waals surface area contributed by atoms with E-state index in [4.69, 9.17) is 4.74 Å². The molecule has 0 heterocycles. The lowest BCUT2D eigenvalue weighted by Gasteiger charge is -2.28. The molecule has 0 atom stereocenters. The Bertz CT molecular complexity index is 721. The number of hydrogen-bond acceptors (Lipinski definition) is 2. The van der Waals surface area contributed by atoms with Crippen LogP contribution in [-0.4, -0.2) is 19.6 Å². The van der Waals surface area contributed by atoms with Crippen LogP contribution >= 0.6 is 0 Å². The number of carbonyl (C=O) groups is 1. The molecule has 2 aromatic carbocycles. The van der Waals surface area contributed by atoms with Gasteiger partial charge < -0.3 is 10.1 Å². The van der Waals surface area contributed by atoms with Crippen LogP contribution in [0.15, 0.2) is 48.5 Å². The fourth-order valence-corrected chi connectivity index (χ4v) is 3.69. The van der Waals surface area contributed by atoms with Gasteiger partial charge in [0.15, 0.2) is 0 Å². The van der Waals surface area contributed by atoms with Gasteiger partial charge in [0, 0.05) is 6.54 Å². The second-order valence-electron chi connectivity index (χ2n) is 6.65. The molecule has 2 aromatic rings. The monoisotopic (exact) mass is 341 g/mol. The van der Waals surface area contributed by atoms with Crippen LogP contribution < -0.4 is 10.1 Å². The average Bonchev–Trinajstić information content (AvgIpc) is 3.13. The maximum atomic E-state index is 13.6. The van der Waals surface area contributed by atoms with Crippen molar-refractivity contribution in [3.8, 4) is 5.75 Å². The van der Waals surface area contributed by atoms with Gasteiger partial charge in [-0.25, -0.2) is 4.39 Å². The van der Waals surface area contributed by atoms with Crippen molar-refractivity contribution in [2.24, 2.45) is 0 Å². The van der Waals surface area contributed by atoms with E-state index in [0.29, 0.717) is 6.54 Å². The zero-order chi connectivity index (χ0) is 17.7. The Morgan fingerprint density at radius 1 is 1.16 bits per heavy atom. The molecule has 0 radical (unpaired) electrons. The quantitative estimate of drug-likeness (QED) is 0.862. The molecule has 3 rings (SSSR count). The highest BCUT2D eigenvalue weighted by Gasteiger charge is 2.42. The van der Waals surface area contributed by atoms with Crippen molar-refractivity contribution in [3.63, 3.8) is 0 Å². The van der Waals surface area contributed by atoms with E-state index in [1.54, 1.807) is 13.2 Å². The number of halogens is 1. The highest BCUT2D eigenvalue weighted by molar-refractivity contribution is 5.88. The number of ether oxygens (including phenoxy) is 1. The summed E-state index contributed by atoms with van der Waals surface area (Å²) in [6.45, 7) is 0.572. The second kappa shape index (κ2) is 7.68. The predicted octanol–water partition coefficient (Wildman–Crippen LogP) is 4.01. The van der Waals surface area contributed by atoms with E-state index in [1.165, 1.54) is 12.1 Å².